The number of aromatic nitrogens is 3. The van der Waals surface area contributed by atoms with E-state index in [1.165, 1.54) is 16.8 Å². The number of rotatable bonds is 5. The lowest BCUT2D eigenvalue weighted by Crippen LogP contribution is -2.19. The highest BCUT2D eigenvalue weighted by atomic mass is 15.1. The van der Waals surface area contributed by atoms with Crippen molar-refractivity contribution >= 4 is 0 Å². The first-order chi connectivity index (χ1) is 10.7. The Morgan fingerprint density at radius 2 is 1.86 bits per heavy atom. The van der Waals surface area contributed by atoms with E-state index in [2.05, 4.69) is 63.9 Å². The maximum atomic E-state index is 4.20. The maximum absolute atomic E-state index is 4.20. The van der Waals surface area contributed by atoms with Gasteiger partial charge in [-0.1, -0.05) is 0 Å². The molecule has 3 rings (SSSR count). The standard InChI is InChI=1S/C18H20N4/c1-15-11-20-9-7-16(15)13-21(2)14-18-6-4-10-22(18)17-5-3-8-19-12-17/h3-12H,13-14H2,1-2H3. The second-order valence-electron chi connectivity index (χ2n) is 5.56. The Morgan fingerprint density at radius 1 is 1.00 bits per heavy atom. The van der Waals surface area contributed by atoms with Crippen LogP contribution in [0.4, 0.5) is 0 Å². The number of nitrogens with zero attached hydrogens (tertiary/aromatic N) is 4. The molecule has 0 bridgehead atoms. The number of aryl methyl sites for hydroxylation is 1. The van der Waals surface area contributed by atoms with E-state index < -0.39 is 0 Å². The minimum absolute atomic E-state index is 0.879. The summed E-state index contributed by atoms with van der Waals surface area (Å²) >= 11 is 0. The molecule has 0 aliphatic heterocycles. The van der Waals surface area contributed by atoms with Gasteiger partial charge in [-0.2, -0.15) is 0 Å². The van der Waals surface area contributed by atoms with E-state index in [1.54, 1.807) is 6.20 Å². The van der Waals surface area contributed by atoms with Gasteiger partial charge in [0.15, 0.2) is 0 Å². The fourth-order valence-electron chi connectivity index (χ4n) is 2.60. The van der Waals surface area contributed by atoms with Crippen molar-refractivity contribution in [2.75, 3.05) is 7.05 Å². The molecule has 4 heteroatoms. The Hall–Kier alpha value is -2.46. The van der Waals surface area contributed by atoms with Gasteiger partial charge >= 0.3 is 0 Å². The normalized spacial score (nSPS) is 11.0. The van der Waals surface area contributed by atoms with E-state index in [0.29, 0.717) is 0 Å². The number of pyridine rings is 2. The predicted molar refractivity (Wildman–Crippen MR) is 87.7 cm³/mol. The smallest absolute Gasteiger partial charge is 0.0636 e. The lowest BCUT2D eigenvalue weighted by Gasteiger charge is -2.19. The van der Waals surface area contributed by atoms with Crippen LogP contribution < -0.4 is 0 Å². The van der Waals surface area contributed by atoms with Gasteiger partial charge in [-0.05, 0) is 55.4 Å². The molecule has 112 valence electrons. The molecule has 0 aromatic carbocycles. The van der Waals surface area contributed by atoms with Gasteiger partial charge in [0.05, 0.1) is 11.9 Å². The first-order valence-corrected chi connectivity index (χ1v) is 7.39. The van der Waals surface area contributed by atoms with E-state index in [0.717, 1.165) is 18.8 Å². The SMILES string of the molecule is Cc1cnccc1CN(C)Cc1cccn1-c1cccnc1. The quantitative estimate of drug-likeness (QED) is 0.724. The summed E-state index contributed by atoms with van der Waals surface area (Å²) in [5, 5.41) is 0. The minimum atomic E-state index is 0.879. The van der Waals surface area contributed by atoms with E-state index in [9.17, 15) is 0 Å². The largest absolute Gasteiger partial charge is 0.318 e. The van der Waals surface area contributed by atoms with Gasteiger partial charge < -0.3 is 4.57 Å². The Balaban J connectivity index is 1.74. The third-order valence-electron chi connectivity index (χ3n) is 3.77. The van der Waals surface area contributed by atoms with Crippen molar-refractivity contribution < 1.29 is 0 Å². The molecule has 3 heterocycles. The lowest BCUT2D eigenvalue weighted by molar-refractivity contribution is 0.312. The summed E-state index contributed by atoms with van der Waals surface area (Å²) in [5.41, 5.74) is 4.90. The van der Waals surface area contributed by atoms with Crippen molar-refractivity contribution in [3.05, 3.63) is 78.1 Å². The molecule has 0 amide bonds. The zero-order chi connectivity index (χ0) is 15.4. The van der Waals surface area contributed by atoms with Crippen LogP contribution in [0.2, 0.25) is 0 Å². The average molecular weight is 292 g/mol. The van der Waals surface area contributed by atoms with E-state index in [4.69, 9.17) is 0 Å². The molecule has 0 N–H and O–H groups in total. The van der Waals surface area contributed by atoms with E-state index >= 15 is 0 Å². The molecule has 22 heavy (non-hydrogen) atoms. The summed E-state index contributed by atoms with van der Waals surface area (Å²) in [4.78, 5) is 10.7. The van der Waals surface area contributed by atoms with Crippen LogP contribution >= 0.6 is 0 Å². The lowest BCUT2D eigenvalue weighted by atomic mass is 10.1. The Kier molecular flexibility index (Phi) is 4.30. The van der Waals surface area contributed by atoms with Gasteiger partial charge in [0.25, 0.3) is 0 Å². The predicted octanol–water partition coefficient (Wildman–Crippen LogP) is 3.21. The molecule has 0 saturated heterocycles. The fourth-order valence-corrected chi connectivity index (χ4v) is 2.60. The van der Waals surface area contributed by atoms with Crippen LogP contribution in [0.3, 0.4) is 0 Å². The summed E-state index contributed by atoms with van der Waals surface area (Å²) in [5.74, 6) is 0. The Labute approximate surface area is 131 Å². The first-order valence-electron chi connectivity index (χ1n) is 7.39. The topological polar surface area (TPSA) is 34.0 Å². The molecular weight excluding hydrogens is 272 g/mol. The highest BCUT2D eigenvalue weighted by molar-refractivity contribution is 5.32. The van der Waals surface area contributed by atoms with Crippen LogP contribution in [-0.4, -0.2) is 26.5 Å². The summed E-state index contributed by atoms with van der Waals surface area (Å²) in [6.07, 6.45) is 9.54. The average Bonchev–Trinajstić information content (AvgIpc) is 2.98. The highest BCUT2D eigenvalue weighted by Gasteiger charge is 2.08. The van der Waals surface area contributed by atoms with Gasteiger partial charge in [-0.25, -0.2) is 0 Å². The molecule has 0 aliphatic carbocycles. The zero-order valence-corrected chi connectivity index (χ0v) is 13.0. The third kappa shape index (κ3) is 3.23. The first kappa shape index (κ1) is 14.5. The number of hydrogen-bond donors (Lipinski definition) is 0. The fraction of sp³-hybridized carbons (Fsp3) is 0.222. The zero-order valence-electron chi connectivity index (χ0n) is 13.0. The molecular formula is C18H20N4. The number of hydrogen-bond acceptors (Lipinski definition) is 3. The van der Waals surface area contributed by atoms with Crippen LogP contribution in [0.25, 0.3) is 5.69 Å². The monoisotopic (exact) mass is 292 g/mol. The van der Waals surface area contributed by atoms with Gasteiger partial charge in [-0.15, -0.1) is 0 Å². The summed E-state index contributed by atoms with van der Waals surface area (Å²) in [7, 11) is 2.14. The van der Waals surface area contributed by atoms with Crippen molar-refractivity contribution in [2.24, 2.45) is 0 Å². The Bertz CT molecular complexity index is 734. The van der Waals surface area contributed by atoms with Crippen LogP contribution in [0.5, 0.6) is 0 Å². The van der Waals surface area contributed by atoms with E-state index in [-0.39, 0.29) is 0 Å². The molecule has 3 aromatic heterocycles. The van der Waals surface area contributed by atoms with Crippen LogP contribution in [0.1, 0.15) is 16.8 Å². The van der Waals surface area contributed by atoms with Crippen molar-refractivity contribution in [3.63, 3.8) is 0 Å². The van der Waals surface area contributed by atoms with Gasteiger partial charge in [0, 0.05) is 43.6 Å². The van der Waals surface area contributed by atoms with Crippen molar-refractivity contribution in [2.45, 2.75) is 20.0 Å². The van der Waals surface area contributed by atoms with Crippen LogP contribution in [-0.2, 0) is 13.1 Å². The Morgan fingerprint density at radius 3 is 2.64 bits per heavy atom. The molecule has 0 aliphatic rings. The van der Waals surface area contributed by atoms with E-state index in [1.807, 2.05) is 24.7 Å². The minimum Gasteiger partial charge on any atom is -0.318 e. The molecule has 0 spiro atoms. The van der Waals surface area contributed by atoms with Gasteiger partial charge in [-0.3, -0.25) is 14.9 Å². The second kappa shape index (κ2) is 6.54. The molecule has 0 radical (unpaired) electrons. The summed E-state index contributed by atoms with van der Waals surface area (Å²) in [6, 6.07) is 10.4. The molecule has 0 fully saturated rings. The van der Waals surface area contributed by atoms with Crippen molar-refractivity contribution in [3.8, 4) is 5.69 Å². The van der Waals surface area contributed by atoms with Gasteiger partial charge in [0.1, 0.15) is 0 Å². The molecule has 0 atom stereocenters. The molecule has 0 saturated carbocycles. The summed E-state index contributed by atoms with van der Waals surface area (Å²) in [6.45, 7) is 3.89. The second-order valence-corrected chi connectivity index (χ2v) is 5.56. The van der Waals surface area contributed by atoms with Gasteiger partial charge in [0.2, 0.25) is 0 Å². The van der Waals surface area contributed by atoms with Crippen molar-refractivity contribution in [1.82, 2.24) is 19.4 Å². The highest BCUT2D eigenvalue weighted by Crippen LogP contribution is 2.15. The molecule has 4 nitrogen and oxygen atoms in total. The van der Waals surface area contributed by atoms with Crippen LogP contribution in [0, 0.1) is 6.92 Å². The molecule has 3 aromatic rings. The third-order valence-corrected chi connectivity index (χ3v) is 3.77. The summed E-state index contributed by atoms with van der Waals surface area (Å²) < 4.78 is 2.18. The molecule has 0 unspecified atom stereocenters. The van der Waals surface area contributed by atoms with Crippen molar-refractivity contribution in [1.29, 1.82) is 0 Å². The van der Waals surface area contributed by atoms with Crippen LogP contribution in [0.15, 0.2) is 61.3 Å². The maximum Gasteiger partial charge on any atom is 0.0636 e.